The third-order valence-corrected chi connectivity index (χ3v) is 3.84. The molecular weight excluding hydrogens is 274 g/mol. The fourth-order valence-electron chi connectivity index (χ4n) is 2.04. The molecule has 0 aromatic heterocycles. The summed E-state index contributed by atoms with van der Waals surface area (Å²) >= 11 is 5.83. The van der Waals surface area contributed by atoms with Crippen LogP contribution in [-0.4, -0.2) is 43.5 Å². The number of ketones is 1. The van der Waals surface area contributed by atoms with Crippen LogP contribution in [0.15, 0.2) is 24.3 Å². The second kappa shape index (κ2) is 9.11. The molecule has 0 N–H and O–H groups in total. The van der Waals surface area contributed by atoms with Crippen molar-refractivity contribution in [3.8, 4) is 0 Å². The minimum atomic E-state index is 0.160. The lowest BCUT2D eigenvalue weighted by molar-refractivity contribution is 0.0916. The van der Waals surface area contributed by atoms with Gasteiger partial charge in [0.1, 0.15) is 0 Å². The molecule has 20 heavy (non-hydrogen) atoms. The van der Waals surface area contributed by atoms with Crippen LogP contribution in [0.2, 0.25) is 5.02 Å². The molecule has 0 saturated carbocycles. The molecule has 112 valence electrons. The topological polar surface area (TPSA) is 29.5 Å². The summed E-state index contributed by atoms with van der Waals surface area (Å²) in [6, 6.07) is 7.54. The van der Waals surface area contributed by atoms with Crippen molar-refractivity contribution in [2.24, 2.45) is 0 Å². The fourth-order valence-corrected chi connectivity index (χ4v) is 2.17. The Kier molecular flexibility index (Phi) is 7.82. The molecule has 0 aliphatic heterocycles. The summed E-state index contributed by atoms with van der Waals surface area (Å²) < 4.78 is 5.13. The minimum absolute atomic E-state index is 0.160. The quantitative estimate of drug-likeness (QED) is 0.652. The third-order valence-electron chi connectivity index (χ3n) is 3.59. The highest BCUT2D eigenvalue weighted by molar-refractivity contribution is 6.30. The predicted octanol–water partition coefficient (Wildman–Crippen LogP) is 3.66. The molecule has 0 heterocycles. The van der Waals surface area contributed by atoms with Crippen molar-refractivity contribution in [2.45, 2.75) is 32.7 Å². The Morgan fingerprint density at radius 2 is 1.95 bits per heavy atom. The molecule has 1 unspecified atom stereocenters. The summed E-state index contributed by atoms with van der Waals surface area (Å²) in [7, 11) is 1.70. The number of ether oxygens (including phenoxy) is 1. The maximum absolute atomic E-state index is 12.1. The molecule has 1 rings (SSSR count). The van der Waals surface area contributed by atoms with Crippen LogP contribution in [0.5, 0.6) is 0 Å². The minimum Gasteiger partial charge on any atom is -0.383 e. The van der Waals surface area contributed by atoms with Crippen LogP contribution in [0.25, 0.3) is 0 Å². The van der Waals surface area contributed by atoms with Gasteiger partial charge in [0, 0.05) is 43.2 Å². The highest BCUT2D eigenvalue weighted by Gasteiger charge is 2.14. The maximum Gasteiger partial charge on any atom is 0.164 e. The first-order valence-corrected chi connectivity index (χ1v) is 7.48. The van der Waals surface area contributed by atoms with Gasteiger partial charge in [-0.15, -0.1) is 0 Å². The van der Waals surface area contributed by atoms with Crippen molar-refractivity contribution < 1.29 is 9.53 Å². The predicted molar refractivity (Wildman–Crippen MR) is 83.6 cm³/mol. The molecule has 0 saturated heterocycles. The van der Waals surface area contributed by atoms with Gasteiger partial charge in [0.25, 0.3) is 0 Å². The van der Waals surface area contributed by atoms with E-state index in [-0.39, 0.29) is 5.78 Å². The number of methoxy groups -OCH3 is 1. The fraction of sp³-hybridized carbons (Fsp3) is 0.562. The molecule has 3 nitrogen and oxygen atoms in total. The Balaban J connectivity index is 2.53. The normalized spacial score (nSPS) is 12.7. The standard InChI is InChI=1S/C16H24ClNO2/c1-4-13(2)18(11-12-20-3)10-9-16(19)14-5-7-15(17)8-6-14/h5-8,13H,4,9-12H2,1-3H3. The maximum atomic E-state index is 12.1. The number of hydrogen-bond acceptors (Lipinski definition) is 3. The van der Waals surface area contributed by atoms with Gasteiger partial charge in [-0.1, -0.05) is 18.5 Å². The van der Waals surface area contributed by atoms with E-state index in [1.165, 1.54) is 0 Å². The summed E-state index contributed by atoms with van der Waals surface area (Å²) in [5.41, 5.74) is 0.727. The Bertz CT molecular complexity index is 405. The SMILES string of the molecule is CCC(C)N(CCOC)CCC(=O)c1ccc(Cl)cc1. The monoisotopic (exact) mass is 297 g/mol. The average molecular weight is 298 g/mol. The highest BCUT2D eigenvalue weighted by Crippen LogP contribution is 2.12. The van der Waals surface area contributed by atoms with Gasteiger partial charge in [0.05, 0.1) is 6.61 Å². The summed E-state index contributed by atoms with van der Waals surface area (Å²) in [5.74, 6) is 0.160. The third kappa shape index (κ3) is 5.61. The van der Waals surface area contributed by atoms with Gasteiger partial charge < -0.3 is 4.74 Å². The molecule has 0 aliphatic rings. The Hall–Kier alpha value is -0.900. The van der Waals surface area contributed by atoms with Crippen molar-refractivity contribution >= 4 is 17.4 Å². The van der Waals surface area contributed by atoms with Crippen LogP contribution >= 0.6 is 11.6 Å². The van der Waals surface area contributed by atoms with Crippen molar-refractivity contribution in [1.29, 1.82) is 0 Å². The number of carbonyl (C=O) groups is 1. The van der Waals surface area contributed by atoms with E-state index in [9.17, 15) is 4.79 Å². The number of halogens is 1. The number of Topliss-reactive ketones (excluding diaryl/α,β-unsaturated/α-hetero) is 1. The second-order valence-electron chi connectivity index (χ2n) is 4.97. The molecule has 1 atom stereocenters. The lowest BCUT2D eigenvalue weighted by atomic mass is 10.1. The molecule has 0 bridgehead atoms. The van der Waals surface area contributed by atoms with Gasteiger partial charge in [0.15, 0.2) is 5.78 Å². The molecule has 0 fully saturated rings. The van der Waals surface area contributed by atoms with Gasteiger partial charge in [-0.05, 0) is 37.6 Å². The van der Waals surface area contributed by atoms with Crippen molar-refractivity contribution in [3.63, 3.8) is 0 Å². The largest absolute Gasteiger partial charge is 0.383 e. The molecule has 0 amide bonds. The van der Waals surface area contributed by atoms with E-state index in [0.29, 0.717) is 24.1 Å². The number of rotatable bonds is 9. The van der Waals surface area contributed by atoms with Crippen LogP contribution in [-0.2, 0) is 4.74 Å². The van der Waals surface area contributed by atoms with Gasteiger partial charge >= 0.3 is 0 Å². The number of benzene rings is 1. The molecule has 1 aromatic rings. The van der Waals surface area contributed by atoms with E-state index in [4.69, 9.17) is 16.3 Å². The smallest absolute Gasteiger partial charge is 0.164 e. The van der Waals surface area contributed by atoms with Crippen LogP contribution in [0.3, 0.4) is 0 Å². The summed E-state index contributed by atoms with van der Waals surface area (Å²) in [6.45, 7) is 6.66. The Morgan fingerprint density at radius 3 is 2.50 bits per heavy atom. The van der Waals surface area contributed by atoms with Crippen molar-refractivity contribution in [2.75, 3.05) is 26.8 Å². The van der Waals surface area contributed by atoms with E-state index in [0.717, 1.165) is 25.1 Å². The van der Waals surface area contributed by atoms with Gasteiger partial charge in [-0.3, -0.25) is 9.69 Å². The van der Waals surface area contributed by atoms with Crippen molar-refractivity contribution in [3.05, 3.63) is 34.9 Å². The zero-order chi connectivity index (χ0) is 15.0. The Labute approximate surface area is 126 Å². The van der Waals surface area contributed by atoms with Crippen LogP contribution in [0.1, 0.15) is 37.0 Å². The average Bonchev–Trinajstić information content (AvgIpc) is 2.47. The van der Waals surface area contributed by atoms with Crippen molar-refractivity contribution in [1.82, 2.24) is 4.90 Å². The van der Waals surface area contributed by atoms with E-state index in [1.807, 2.05) is 0 Å². The van der Waals surface area contributed by atoms with Gasteiger partial charge in [0.2, 0.25) is 0 Å². The zero-order valence-electron chi connectivity index (χ0n) is 12.6. The second-order valence-corrected chi connectivity index (χ2v) is 5.40. The van der Waals surface area contributed by atoms with Crippen LogP contribution < -0.4 is 0 Å². The van der Waals surface area contributed by atoms with Crippen LogP contribution in [0, 0.1) is 0 Å². The van der Waals surface area contributed by atoms with Gasteiger partial charge in [-0.25, -0.2) is 0 Å². The molecule has 0 aliphatic carbocycles. The summed E-state index contributed by atoms with van der Waals surface area (Å²) in [4.78, 5) is 14.4. The number of hydrogen-bond donors (Lipinski definition) is 0. The molecule has 4 heteroatoms. The summed E-state index contributed by atoms with van der Waals surface area (Å²) in [5, 5.41) is 0.655. The first-order valence-electron chi connectivity index (χ1n) is 7.10. The lowest BCUT2D eigenvalue weighted by Gasteiger charge is -2.27. The molecule has 1 aromatic carbocycles. The van der Waals surface area contributed by atoms with Gasteiger partial charge in [-0.2, -0.15) is 0 Å². The molecule has 0 spiro atoms. The number of nitrogens with zero attached hydrogens (tertiary/aromatic N) is 1. The first-order chi connectivity index (χ1) is 9.58. The Morgan fingerprint density at radius 1 is 1.30 bits per heavy atom. The molecular formula is C16H24ClNO2. The first kappa shape index (κ1) is 17.2. The lowest BCUT2D eigenvalue weighted by Crippen LogP contribution is -2.37. The number of carbonyl (C=O) groups excluding carboxylic acids is 1. The molecule has 0 radical (unpaired) electrons. The van der Waals surface area contributed by atoms with E-state index in [2.05, 4.69) is 18.7 Å². The summed E-state index contributed by atoms with van der Waals surface area (Å²) in [6.07, 6.45) is 1.59. The van der Waals surface area contributed by atoms with E-state index >= 15 is 0 Å². The highest BCUT2D eigenvalue weighted by atomic mass is 35.5. The van der Waals surface area contributed by atoms with E-state index in [1.54, 1.807) is 31.4 Å². The zero-order valence-corrected chi connectivity index (χ0v) is 13.3. The van der Waals surface area contributed by atoms with E-state index < -0.39 is 0 Å². The van der Waals surface area contributed by atoms with Crippen LogP contribution in [0.4, 0.5) is 0 Å².